The summed E-state index contributed by atoms with van der Waals surface area (Å²) in [6.45, 7) is 1.28. The molecule has 9 heteroatoms. The Bertz CT molecular complexity index is 728. The van der Waals surface area contributed by atoms with Gasteiger partial charge in [0.1, 0.15) is 16.4 Å². The van der Waals surface area contributed by atoms with E-state index in [0.29, 0.717) is 18.0 Å². The molecule has 1 atom stereocenters. The number of amides is 1. The predicted octanol–water partition coefficient (Wildman–Crippen LogP) is 0.00850. The number of benzene rings is 1. The molecule has 1 aromatic carbocycles. The van der Waals surface area contributed by atoms with Gasteiger partial charge in [-0.15, -0.1) is 0 Å². The molecule has 1 aromatic rings. The Morgan fingerprint density at radius 2 is 2.17 bits per heavy atom. The van der Waals surface area contributed by atoms with Crippen molar-refractivity contribution < 1.29 is 22.7 Å². The highest BCUT2D eigenvalue weighted by Gasteiger charge is 2.33. The molecule has 0 aliphatic carbocycles. The number of fused-ring (bicyclic) bond motifs is 1. The van der Waals surface area contributed by atoms with E-state index >= 15 is 0 Å². The Balaban J connectivity index is 2.02. The van der Waals surface area contributed by atoms with Gasteiger partial charge in [-0.3, -0.25) is 4.79 Å². The number of nitrogens with one attached hydrogen (secondary N) is 2. The van der Waals surface area contributed by atoms with Gasteiger partial charge in [0.2, 0.25) is 10.0 Å². The van der Waals surface area contributed by atoms with Crippen LogP contribution in [0.1, 0.15) is 6.42 Å². The van der Waals surface area contributed by atoms with E-state index in [9.17, 15) is 13.2 Å². The lowest BCUT2D eigenvalue weighted by Crippen LogP contribution is -2.38. The van der Waals surface area contributed by atoms with E-state index < -0.39 is 10.0 Å². The molecule has 2 heterocycles. The van der Waals surface area contributed by atoms with Gasteiger partial charge in [0, 0.05) is 31.8 Å². The SMILES string of the molecule is COc1cc2c(cc1S(=O)(=O)N(C)C1CCNC1)OCC(=O)N2. The van der Waals surface area contributed by atoms with E-state index in [4.69, 9.17) is 9.47 Å². The summed E-state index contributed by atoms with van der Waals surface area (Å²) in [7, 11) is -0.780. The first-order valence-electron chi connectivity index (χ1n) is 7.27. The second-order valence-electron chi connectivity index (χ2n) is 5.50. The van der Waals surface area contributed by atoms with E-state index in [1.54, 1.807) is 7.05 Å². The lowest BCUT2D eigenvalue weighted by atomic mass is 10.2. The van der Waals surface area contributed by atoms with Gasteiger partial charge in [0.05, 0.1) is 12.8 Å². The van der Waals surface area contributed by atoms with Crippen LogP contribution in [0.3, 0.4) is 0 Å². The quantitative estimate of drug-likeness (QED) is 0.801. The van der Waals surface area contributed by atoms with Crippen LogP contribution in [0.15, 0.2) is 17.0 Å². The largest absolute Gasteiger partial charge is 0.495 e. The van der Waals surface area contributed by atoms with Crippen molar-refractivity contribution >= 4 is 21.6 Å². The standard InChI is InChI=1S/C14H19N3O5S/c1-17(9-3-4-15-7-9)23(19,20)13-6-11-10(5-12(13)21-2)16-14(18)8-22-11/h5-6,9,15H,3-4,7-8H2,1-2H3,(H,16,18). The Morgan fingerprint density at radius 3 is 2.83 bits per heavy atom. The zero-order valence-electron chi connectivity index (χ0n) is 13.0. The minimum atomic E-state index is -3.74. The summed E-state index contributed by atoms with van der Waals surface area (Å²) in [4.78, 5) is 11.4. The number of nitrogens with zero attached hydrogens (tertiary/aromatic N) is 1. The van der Waals surface area contributed by atoms with Crippen molar-refractivity contribution in [2.75, 3.05) is 39.2 Å². The molecule has 0 saturated carbocycles. The molecule has 0 bridgehead atoms. The van der Waals surface area contributed by atoms with Crippen LogP contribution in [0.5, 0.6) is 11.5 Å². The Labute approximate surface area is 134 Å². The predicted molar refractivity (Wildman–Crippen MR) is 83.3 cm³/mol. The highest BCUT2D eigenvalue weighted by atomic mass is 32.2. The highest BCUT2D eigenvalue weighted by molar-refractivity contribution is 7.89. The van der Waals surface area contributed by atoms with Crippen LogP contribution in [0, 0.1) is 0 Å². The topological polar surface area (TPSA) is 97.0 Å². The number of carbonyl (C=O) groups is 1. The van der Waals surface area contributed by atoms with Crippen LogP contribution in [0.2, 0.25) is 0 Å². The summed E-state index contributed by atoms with van der Waals surface area (Å²) in [5.41, 5.74) is 0.405. The van der Waals surface area contributed by atoms with Gasteiger partial charge >= 0.3 is 0 Å². The van der Waals surface area contributed by atoms with Crippen molar-refractivity contribution in [1.82, 2.24) is 9.62 Å². The molecule has 0 spiro atoms. The van der Waals surface area contributed by atoms with Crippen LogP contribution < -0.4 is 20.1 Å². The molecule has 3 rings (SSSR count). The first kappa shape index (κ1) is 16.0. The van der Waals surface area contributed by atoms with Crippen LogP contribution >= 0.6 is 0 Å². The molecule has 0 radical (unpaired) electrons. The third-order valence-corrected chi connectivity index (χ3v) is 6.04. The highest BCUT2D eigenvalue weighted by Crippen LogP contribution is 2.38. The van der Waals surface area contributed by atoms with E-state index in [1.807, 2.05) is 0 Å². The van der Waals surface area contributed by atoms with E-state index in [2.05, 4.69) is 10.6 Å². The maximum absolute atomic E-state index is 12.9. The van der Waals surface area contributed by atoms with Gasteiger partial charge in [0.15, 0.2) is 6.61 Å². The second-order valence-corrected chi connectivity index (χ2v) is 7.47. The first-order valence-corrected chi connectivity index (χ1v) is 8.71. The molecular weight excluding hydrogens is 322 g/mol. The molecule has 8 nitrogen and oxygen atoms in total. The number of carbonyl (C=O) groups excluding carboxylic acids is 1. The fourth-order valence-corrected chi connectivity index (χ4v) is 4.29. The molecule has 1 fully saturated rings. The number of ether oxygens (including phenoxy) is 2. The Morgan fingerprint density at radius 1 is 1.39 bits per heavy atom. The average Bonchev–Trinajstić information content (AvgIpc) is 3.06. The molecule has 1 saturated heterocycles. The number of hydrogen-bond donors (Lipinski definition) is 2. The van der Waals surface area contributed by atoms with Gasteiger partial charge in [-0.2, -0.15) is 4.31 Å². The van der Waals surface area contributed by atoms with Crippen LogP contribution in [-0.2, 0) is 14.8 Å². The molecule has 2 aliphatic rings. The van der Waals surface area contributed by atoms with Crippen LogP contribution in [-0.4, -0.2) is 58.5 Å². The summed E-state index contributed by atoms with van der Waals surface area (Å²) >= 11 is 0. The molecule has 1 amide bonds. The van der Waals surface area contributed by atoms with Crippen LogP contribution in [0.25, 0.3) is 0 Å². The maximum atomic E-state index is 12.9. The van der Waals surface area contributed by atoms with E-state index in [-0.39, 0.29) is 29.2 Å². The number of rotatable bonds is 4. The molecular formula is C14H19N3O5S. The van der Waals surface area contributed by atoms with Crippen molar-refractivity contribution in [3.05, 3.63) is 12.1 Å². The van der Waals surface area contributed by atoms with Crippen molar-refractivity contribution in [3.63, 3.8) is 0 Å². The maximum Gasteiger partial charge on any atom is 0.262 e. The molecule has 0 aromatic heterocycles. The lowest BCUT2D eigenvalue weighted by molar-refractivity contribution is -0.118. The first-order chi connectivity index (χ1) is 10.9. The number of anilines is 1. The Kier molecular flexibility index (Phi) is 4.17. The number of methoxy groups -OCH3 is 1. The molecule has 126 valence electrons. The summed E-state index contributed by atoms with van der Waals surface area (Å²) in [6, 6.07) is 2.78. The van der Waals surface area contributed by atoms with Crippen molar-refractivity contribution in [3.8, 4) is 11.5 Å². The minimum absolute atomic E-state index is 0.0318. The van der Waals surface area contributed by atoms with E-state index in [0.717, 1.165) is 13.0 Å². The Hall–Kier alpha value is -1.84. The van der Waals surface area contributed by atoms with Gasteiger partial charge in [-0.25, -0.2) is 8.42 Å². The zero-order chi connectivity index (χ0) is 16.6. The molecule has 1 unspecified atom stereocenters. The third kappa shape index (κ3) is 2.87. The van der Waals surface area contributed by atoms with Crippen LogP contribution in [0.4, 0.5) is 5.69 Å². The summed E-state index contributed by atoms with van der Waals surface area (Å²) < 4.78 is 37.7. The summed E-state index contributed by atoms with van der Waals surface area (Å²) in [5.74, 6) is 0.207. The number of sulfonamides is 1. The fraction of sp³-hybridized carbons (Fsp3) is 0.500. The van der Waals surface area contributed by atoms with Gasteiger partial charge in [0.25, 0.3) is 5.91 Å². The smallest absolute Gasteiger partial charge is 0.262 e. The van der Waals surface area contributed by atoms with Crippen molar-refractivity contribution in [2.24, 2.45) is 0 Å². The summed E-state index contributed by atoms with van der Waals surface area (Å²) in [5, 5.41) is 5.79. The van der Waals surface area contributed by atoms with Gasteiger partial charge in [-0.05, 0) is 13.0 Å². The lowest BCUT2D eigenvalue weighted by Gasteiger charge is -2.25. The summed E-state index contributed by atoms with van der Waals surface area (Å²) in [6.07, 6.45) is 0.759. The monoisotopic (exact) mass is 341 g/mol. The fourth-order valence-electron chi connectivity index (χ4n) is 2.75. The number of hydrogen-bond acceptors (Lipinski definition) is 6. The molecule has 2 N–H and O–H groups in total. The minimum Gasteiger partial charge on any atom is -0.495 e. The van der Waals surface area contributed by atoms with Crippen molar-refractivity contribution in [2.45, 2.75) is 17.4 Å². The second kappa shape index (κ2) is 5.99. The molecule has 23 heavy (non-hydrogen) atoms. The van der Waals surface area contributed by atoms with E-state index in [1.165, 1.54) is 23.5 Å². The third-order valence-electron chi connectivity index (χ3n) is 4.10. The van der Waals surface area contributed by atoms with Crippen molar-refractivity contribution in [1.29, 1.82) is 0 Å². The number of likely N-dealkylation sites (N-methyl/N-ethyl adjacent to an activating group) is 1. The van der Waals surface area contributed by atoms with Gasteiger partial charge < -0.3 is 20.1 Å². The molecule has 2 aliphatic heterocycles. The average molecular weight is 341 g/mol. The zero-order valence-corrected chi connectivity index (χ0v) is 13.8. The normalized spacial score (nSPS) is 20.8. The van der Waals surface area contributed by atoms with Gasteiger partial charge in [-0.1, -0.05) is 0 Å².